The number of carbonyl (C=O) groups is 1. The number of nitro groups is 1. The molecule has 3 aromatic rings. The molecule has 0 bridgehead atoms. The van der Waals surface area contributed by atoms with Gasteiger partial charge in [0.2, 0.25) is 0 Å². The smallest absolute Gasteiger partial charge is 0.269 e. The number of halogens is 1. The molecule has 0 aliphatic heterocycles. The van der Waals surface area contributed by atoms with Crippen LogP contribution in [0.4, 0.5) is 11.4 Å². The van der Waals surface area contributed by atoms with Crippen molar-refractivity contribution >= 4 is 40.1 Å². The second kappa shape index (κ2) is 8.12. The Morgan fingerprint density at radius 3 is 2.38 bits per heavy atom. The second-order valence-corrected chi connectivity index (χ2v) is 6.91. The predicted octanol–water partition coefficient (Wildman–Crippen LogP) is 5.74. The fraction of sp³-hybridized carbons (Fsp3) is 0.105. The van der Waals surface area contributed by atoms with E-state index in [4.69, 9.17) is 11.6 Å². The van der Waals surface area contributed by atoms with E-state index in [9.17, 15) is 14.9 Å². The number of benzene rings is 2. The third-order valence-corrected chi connectivity index (χ3v) is 4.87. The third-order valence-electron chi connectivity index (χ3n) is 3.92. The summed E-state index contributed by atoms with van der Waals surface area (Å²) in [6.07, 6.45) is 0.259. The number of ketones is 1. The van der Waals surface area contributed by atoms with E-state index in [2.05, 4.69) is 5.32 Å². The minimum Gasteiger partial charge on any atom is -0.378 e. The largest absolute Gasteiger partial charge is 0.378 e. The zero-order chi connectivity index (χ0) is 18.5. The molecule has 1 unspecified atom stereocenters. The average molecular weight is 387 g/mol. The maximum Gasteiger partial charge on any atom is 0.269 e. The minimum atomic E-state index is -0.440. The molecule has 0 radical (unpaired) electrons. The van der Waals surface area contributed by atoms with Crippen molar-refractivity contribution in [2.75, 3.05) is 5.32 Å². The predicted molar refractivity (Wildman–Crippen MR) is 104 cm³/mol. The lowest BCUT2D eigenvalue weighted by molar-refractivity contribution is -0.384. The van der Waals surface area contributed by atoms with Crippen molar-refractivity contribution in [3.63, 3.8) is 0 Å². The molecule has 7 heteroatoms. The van der Waals surface area contributed by atoms with Crippen molar-refractivity contribution in [3.8, 4) is 0 Å². The quantitative estimate of drug-likeness (QED) is 0.319. The van der Waals surface area contributed by atoms with Crippen LogP contribution in [-0.4, -0.2) is 10.7 Å². The van der Waals surface area contributed by atoms with Crippen LogP contribution in [0.1, 0.15) is 28.4 Å². The van der Waals surface area contributed by atoms with Crippen LogP contribution in [-0.2, 0) is 0 Å². The Hall–Kier alpha value is -2.70. The number of rotatable bonds is 7. The van der Waals surface area contributed by atoms with E-state index in [1.165, 1.54) is 12.1 Å². The highest BCUT2D eigenvalue weighted by Crippen LogP contribution is 2.27. The third kappa shape index (κ3) is 4.47. The van der Waals surface area contributed by atoms with Crippen LogP contribution in [0.3, 0.4) is 0 Å². The second-order valence-electron chi connectivity index (χ2n) is 5.69. The van der Waals surface area contributed by atoms with Gasteiger partial charge in [-0.05, 0) is 58.8 Å². The lowest BCUT2D eigenvalue weighted by Gasteiger charge is -2.18. The van der Waals surface area contributed by atoms with Crippen LogP contribution in [0.5, 0.6) is 0 Å². The number of anilines is 1. The van der Waals surface area contributed by atoms with E-state index in [1.54, 1.807) is 47.7 Å². The highest BCUT2D eigenvalue weighted by Gasteiger charge is 2.18. The van der Waals surface area contributed by atoms with Crippen molar-refractivity contribution in [2.45, 2.75) is 12.5 Å². The molecule has 5 nitrogen and oxygen atoms in total. The zero-order valence-electron chi connectivity index (χ0n) is 13.6. The summed E-state index contributed by atoms with van der Waals surface area (Å²) < 4.78 is 0. The van der Waals surface area contributed by atoms with E-state index < -0.39 is 4.92 Å². The van der Waals surface area contributed by atoms with Crippen LogP contribution in [0.15, 0.2) is 65.4 Å². The summed E-state index contributed by atoms with van der Waals surface area (Å²) in [4.78, 5) is 23.0. The molecular formula is C19H15ClN2O3S. The summed E-state index contributed by atoms with van der Waals surface area (Å²) in [6, 6.07) is 14.7. The molecule has 1 heterocycles. The van der Waals surface area contributed by atoms with Crippen molar-refractivity contribution in [2.24, 2.45) is 0 Å². The first-order valence-electron chi connectivity index (χ1n) is 7.85. The molecule has 2 aromatic carbocycles. The first-order chi connectivity index (χ1) is 12.5. The highest BCUT2D eigenvalue weighted by molar-refractivity contribution is 7.08. The van der Waals surface area contributed by atoms with Crippen molar-refractivity contribution < 1.29 is 9.72 Å². The van der Waals surface area contributed by atoms with Crippen molar-refractivity contribution in [1.82, 2.24) is 0 Å². The Morgan fingerprint density at radius 1 is 1.12 bits per heavy atom. The molecule has 0 amide bonds. The van der Waals surface area contributed by atoms with E-state index >= 15 is 0 Å². The summed E-state index contributed by atoms with van der Waals surface area (Å²) in [7, 11) is 0. The molecule has 0 aliphatic carbocycles. The number of non-ortho nitro benzene ring substituents is 1. The van der Waals surface area contributed by atoms with Gasteiger partial charge in [0, 0.05) is 34.8 Å². The number of carbonyl (C=O) groups excluding carboxylic acids is 1. The number of nitro benzene ring substituents is 1. The zero-order valence-corrected chi connectivity index (χ0v) is 15.2. The van der Waals surface area contributed by atoms with Gasteiger partial charge in [-0.2, -0.15) is 11.3 Å². The summed E-state index contributed by atoms with van der Waals surface area (Å²) in [5, 5.41) is 18.6. The maximum absolute atomic E-state index is 12.6. The number of thiophene rings is 1. The highest BCUT2D eigenvalue weighted by atomic mass is 35.5. The number of hydrogen-bond donors (Lipinski definition) is 1. The van der Waals surface area contributed by atoms with Gasteiger partial charge in [0.15, 0.2) is 5.78 Å². The van der Waals surface area contributed by atoms with E-state index in [-0.39, 0.29) is 23.9 Å². The van der Waals surface area contributed by atoms with Gasteiger partial charge in [-0.15, -0.1) is 0 Å². The molecule has 0 aliphatic rings. The number of nitrogens with zero attached hydrogens (tertiary/aromatic N) is 1. The van der Waals surface area contributed by atoms with Crippen LogP contribution in [0.2, 0.25) is 5.02 Å². The lowest BCUT2D eigenvalue weighted by atomic mass is 9.99. The van der Waals surface area contributed by atoms with Gasteiger partial charge in [-0.1, -0.05) is 11.6 Å². The monoisotopic (exact) mass is 386 g/mol. The van der Waals surface area contributed by atoms with E-state index in [1.807, 2.05) is 16.8 Å². The van der Waals surface area contributed by atoms with Crippen molar-refractivity contribution in [1.29, 1.82) is 0 Å². The maximum atomic E-state index is 12.6. The molecule has 0 saturated carbocycles. The van der Waals surface area contributed by atoms with Gasteiger partial charge in [0.05, 0.1) is 11.0 Å². The van der Waals surface area contributed by atoms with Gasteiger partial charge >= 0.3 is 0 Å². The van der Waals surface area contributed by atoms with E-state index in [0.717, 1.165) is 11.3 Å². The molecule has 132 valence electrons. The molecule has 26 heavy (non-hydrogen) atoms. The minimum absolute atomic E-state index is 0.00715. The molecule has 1 aromatic heterocycles. The summed E-state index contributed by atoms with van der Waals surface area (Å²) in [5.74, 6) is -0.00715. The lowest BCUT2D eigenvalue weighted by Crippen LogP contribution is -2.15. The molecule has 1 N–H and O–H groups in total. The van der Waals surface area contributed by atoms with Gasteiger partial charge in [-0.3, -0.25) is 14.9 Å². The first-order valence-corrected chi connectivity index (χ1v) is 9.17. The van der Waals surface area contributed by atoms with Gasteiger partial charge in [0.25, 0.3) is 5.69 Å². The Bertz CT molecular complexity index is 894. The number of Topliss-reactive ketones (excluding diaryl/α,β-unsaturated/α-hetero) is 1. The molecule has 3 rings (SSSR count). The molecule has 0 fully saturated rings. The number of nitrogens with one attached hydrogen (secondary N) is 1. The van der Waals surface area contributed by atoms with Crippen LogP contribution in [0.25, 0.3) is 0 Å². The normalized spacial score (nSPS) is 11.7. The van der Waals surface area contributed by atoms with Gasteiger partial charge < -0.3 is 5.32 Å². The molecule has 0 saturated heterocycles. The average Bonchev–Trinajstić information content (AvgIpc) is 3.16. The summed E-state index contributed by atoms with van der Waals surface area (Å²) in [6.45, 7) is 0. The Labute approximate surface area is 159 Å². The summed E-state index contributed by atoms with van der Waals surface area (Å²) in [5.41, 5.74) is 2.34. The number of hydrogen-bond acceptors (Lipinski definition) is 5. The molecule has 0 spiro atoms. The Kier molecular flexibility index (Phi) is 5.65. The Balaban J connectivity index is 1.78. The summed E-state index contributed by atoms with van der Waals surface area (Å²) >= 11 is 7.43. The first kappa shape index (κ1) is 18.1. The standard InChI is InChI=1S/C19H15ClN2O3S/c20-15-3-1-13(2-4-15)19(23)11-18(14-9-10-26-12-14)21-16-5-7-17(8-6-16)22(24)25/h1-10,12,18,21H,11H2. The van der Waals surface area contributed by atoms with E-state index in [0.29, 0.717) is 10.6 Å². The van der Waals surface area contributed by atoms with Gasteiger partial charge in [0.1, 0.15) is 0 Å². The van der Waals surface area contributed by atoms with Crippen molar-refractivity contribution in [3.05, 3.63) is 91.6 Å². The SMILES string of the molecule is O=C(CC(Nc1ccc([N+](=O)[O-])cc1)c1ccsc1)c1ccc(Cl)cc1. The van der Waals surface area contributed by atoms with Crippen LogP contribution in [0, 0.1) is 10.1 Å². The fourth-order valence-electron chi connectivity index (χ4n) is 2.55. The topological polar surface area (TPSA) is 72.2 Å². The molecule has 1 atom stereocenters. The van der Waals surface area contributed by atoms with Crippen LogP contribution < -0.4 is 5.32 Å². The Morgan fingerprint density at radius 2 is 1.81 bits per heavy atom. The van der Waals surface area contributed by atoms with Crippen LogP contribution >= 0.6 is 22.9 Å². The molecular weight excluding hydrogens is 372 g/mol. The fourth-order valence-corrected chi connectivity index (χ4v) is 3.39. The van der Waals surface area contributed by atoms with Gasteiger partial charge in [-0.25, -0.2) is 0 Å².